The number of hydrogen-bond donors (Lipinski definition) is 2. The van der Waals surface area contributed by atoms with E-state index < -0.39 is 29.0 Å². The molecule has 1 atom stereocenters. The third-order valence-corrected chi connectivity index (χ3v) is 2.85. The Bertz CT molecular complexity index is 819. The summed E-state index contributed by atoms with van der Waals surface area (Å²) in [5.41, 5.74) is -1.96. The van der Waals surface area contributed by atoms with E-state index in [1.54, 1.807) is 27.7 Å². The standard InChI is InChI=1S/C13H18N6O4/c1-6(14-12(22)23-13(2,3)4)8-15-7-9(18-17-8)16-11(21)19(5)10(7)20/h6H,1-5H3,(H,14,22)(H,16,18,21). The Morgan fingerprint density at radius 1 is 1.30 bits per heavy atom. The van der Waals surface area contributed by atoms with E-state index in [2.05, 4.69) is 25.5 Å². The highest BCUT2D eigenvalue weighted by Gasteiger charge is 2.22. The number of carbonyl (C=O) groups excluding carboxylic acids is 1. The topological polar surface area (TPSA) is 132 Å². The fourth-order valence-electron chi connectivity index (χ4n) is 1.74. The summed E-state index contributed by atoms with van der Waals surface area (Å²) in [6.45, 7) is 6.87. The Hall–Kier alpha value is -2.78. The van der Waals surface area contributed by atoms with Crippen LogP contribution in [-0.4, -0.2) is 36.4 Å². The van der Waals surface area contributed by atoms with Gasteiger partial charge in [-0.1, -0.05) is 0 Å². The van der Waals surface area contributed by atoms with Crippen LogP contribution in [0, 0.1) is 0 Å². The van der Waals surface area contributed by atoms with Gasteiger partial charge in [-0.15, -0.1) is 0 Å². The molecule has 0 aromatic rings. The molecule has 10 nitrogen and oxygen atoms in total. The van der Waals surface area contributed by atoms with Crippen molar-refractivity contribution >= 4 is 6.09 Å². The van der Waals surface area contributed by atoms with E-state index in [0.29, 0.717) is 0 Å². The van der Waals surface area contributed by atoms with Gasteiger partial charge >= 0.3 is 11.8 Å². The number of rotatable bonds is 2. The summed E-state index contributed by atoms with van der Waals surface area (Å²) in [5.74, 6) is 0.159. The van der Waals surface area contributed by atoms with E-state index >= 15 is 0 Å². The number of nitrogens with one attached hydrogen (secondary N) is 2. The molecule has 2 aliphatic rings. The predicted molar refractivity (Wildman–Crippen MR) is 80.1 cm³/mol. The van der Waals surface area contributed by atoms with Gasteiger partial charge in [-0.2, -0.15) is 10.1 Å². The van der Waals surface area contributed by atoms with Crippen molar-refractivity contribution in [3.05, 3.63) is 26.7 Å². The maximum absolute atomic E-state index is 12.0. The maximum atomic E-state index is 12.0. The molecule has 0 aromatic carbocycles. The number of fused-ring (bicyclic) bond motifs is 1. The monoisotopic (exact) mass is 322 g/mol. The van der Waals surface area contributed by atoms with Crippen LogP contribution in [0.2, 0.25) is 0 Å². The summed E-state index contributed by atoms with van der Waals surface area (Å²) in [7, 11) is 1.31. The number of carbonyl (C=O) groups is 1. The Kier molecular flexibility index (Phi) is 4.17. The molecule has 0 aliphatic carbocycles. The first-order valence-electron chi connectivity index (χ1n) is 6.91. The minimum atomic E-state index is -0.699. The molecular formula is C13H18N6O4. The van der Waals surface area contributed by atoms with Gasteiger partial charge in [-0.25, -0.2) is 14.6 Å². The second-order valence-corrected chi connectivity index (χ2v) is 6.02. The van der Waals surface area contributed by atoms with Gasteiger partial charge in [0.25, 0.3) is 5.56 Å². The van der Waals surface area contributed by atoms with Crippen LogP contribution in [0.4, 0.5) is 4.79 Å². The van der Waals surface area contributed by atoms with Crippen LogP contribution in [0.15, 0.2) is 9.59 Å². The minimum Gasteiger partial charge on any atom is -0.444 e. The zero-order chi connectivity index (χ0) is 17.4. The van der Waals surface area contributed by atoms with E-state index in [-0.39, 0.29) is 17.3 Å². The normalized spacial score (nSPS) is 12.9. The summed E-state index contributed by atoms with van der Waals surface area (Å²) in [6, 6.07) is -0.609. The number of aromatic amines is 1. The minimum absolute atomic E-state index is 0.00804. The SMILES string of the molecule is CC(NC(=O)OC(C)(C)C)c1n[nH]c2nc(=O)n(C)c(=O)c-2n1. The number of amides is 1. The molecule has 0 radical (unpaired) electrons. The van der Waals surface area contributed by atoms with Gasteiger partial charge in [-0.05, 0) is 27.7 Å². The molecule has 2 rings (SSSR count). The van der Waals surface area contributed by atoms with Crippen LogP contribution < -0.4 is 16.6 Å². The van der Waals surface area contributed by atoms with Crippen molar-refractivity contribution < 1.29 is 9.53 Å². The molecule has 0 saturated carbocycles. The number of H-pyrrole nitrogens is 1. The van der Waals surface area contributed by atoms with Crippen molar-refractivity contribution in [3.8, 4) is 11.5 Å². The molecule has 0 spiro atoms. The van der Waals surface area contributed by atoms with Crippen LogP contribution in [0.5, 0.6) is 0 Å². The highest BCUT2D eigenvalue weighted by molar-refractivity contribution is 5.68. The van der Waals surface area contributed by atoms with Crippen molar-refractivity contribution in [2.45, 2.75) is 39.3 Å². The van der Waals surface area contributed by atoms with Crippen LogP contribution in [0.25, 0.3) is 11.5 Å². The number of nitrogens with zero attached hydrogens (tertiary/aromatic N) is 4. The molecule has 2 heterocycles. The molecule has 0 fully saturated rings. The Morgan fingerprint density at radius 2 is 1.96 bits per heavy atom. The van der Waals surface area contributed by atoms with E-state index in [9.17, 15) is 14.4 Å². The largest absolute Gasteiger partial charge is 0.444 e. The van der Waals surface area contributed by atoms with E-state index in [1.807, 2.05) is 0 Å². The van der Waals surface area contributed by atoms with E-state index in [1.165, 1.54) is 7.05 Å². The molecule has 2 aliphatic heterocycles. The van der Waals surface area contributed by atoms with Gasteiger partial charge in [0.1, 0.15) is 5.60 Å². The lowest BCUT2D eigenvalue weighted by Crippen LogP contribution is -2.37. The maximum Gasteiger partial charge on any atom is 0.408 e. The molecule has 23 heavy (non-hydrogen) atoms. The first-order valence-corrected chi connectivity index (χ1v) is 6.91. The van der Waals surface area contributed by atoms with Crippen molar-refractivity contribution in [1.29, 1.82) is 0 Å². The Labute approximate surface area is 131 Å². The van der Waals surface area contributed by atoms with Crippen LogP contribution in [0.3, 0.4) is 0 Å². The zero-order valence-electron chi connectivity index (χ0n) is 13.5. The summed E-state index contributed by atoms with van der Waals surface area (Å²) >= 11 is 0. The van der Waals surface area contributed by atoms with Crippen molar-refractivity contribution in [2.24, 2.45) is 7.05 Å². The van der Waals surface area contributed by atoms with Gasteiger partial charge in [0, 0.05) is 7.05 Å². The molecule has 1 amide bonds. The highest BCUT2D eigenvalue weighted by Crippen LogP contribution is 2.12. The lowest BCUT2D eigenvalue weighted by Gasteiger charge is -2.21. The number of ether oxygens (including phenoxy) is 1. The van der Waals surface area contributed by atoms with E-state index in [4.69, 9.17) is 4.74 Å². The quantitative estimate of drug-likeness (QED) is 0.792. The number of alkyl carbamates (subject to hydrolysis) is 1. The average molecular weight is 322 g/mol. The molecule has 2 N–H and O–H groups in total. The lowest BCUT2D eigenvalue weighted by molar-refractivity contribution is 0.0505. The average Bonchev–Trinajstić information content (AvgIpc) is 2.42. The first-order chi connectivity index (χ1) is 10.6. The number of aromatic nitrogens is 5. The second-order valence-electron chi connectivity index (χ2n) is 6.02. The Morgan fingerprint density at radius 3 is 2.57 bits per heavy atom. The molecule has 1 unspecified atom stereocenters. The fraction of sp³-hybridized carbons (Fsp3) is 0.538. The van der Waals surface area contributed by atoms with Crippen LogP contribution >= 0.6 is 0 Å². The molecule has 0 bridgehead atoms. The smallest absolute Gasteiger partial charge is 0.408 e. The summed E-state index contributed by atoms with van der Waals surface area (Å²) < 4.78 is 5.99. The van der Waals surface area contributed by atoms with Crippen molar-refractivity contribution in [2.75, 3.05) is 0 Å². The van der Waals surface area contributed by atoms with Crippen LogP contribution in [0.1, 0.15) is 39.6 Å². The third-order valence-electron chi connectivity index (χ3n) is 2.85. The molecule has 0 saturated heterocycles. The highest BCUT2D eigenvalue weighted by atomic mass is 16.6. The van der Waals surface area contributed by atoms with Gasteiger partial charge < -0.3 is 10.1 Å². The summed E-state index contributed by atoms with van der Waals surface area (Å²) in [4.78, 5) is 43.0. The summed E-state index contributed by atoms with van der Waals surface area (Å²) in [5, 5.41) is 8.98. The summed E-state index contributed by atoms with van der Waals surface area (Å²) in [6.07, 6.45) is -0.630. The van der Waals surface area contributed by atoms with Gasteiger partial charge in [0.15, 0.2) is 17.3 Å². The number of hydrogen-bond acceptors (Lipinski definition) is 7. The zero-order valence-corrected chi connectivity index (χ0v) is 13.5. The molecular weight excluding hydrogens is 304 g/mol. The Balaban J connectivity index is 2.31. The van der Waals surface area contributed by atoms with Gasteiger partial charge in [-0.3, -0.25) is 14.5 Å². The van der Waals surface area contributed by atoms with Crippen LogP contribution in [-0.2, 0) is 11.8 Å². The van der Waals surface area contributed by atoms with E-state index in [0.717, 1.165) is 4.57 Å². The molecule has 124 valence electrons. The fourth-order valence-corrected chi connectivity index (χ4v) is 1.74. The van der Waals surface area contributed by atoms with Crippen molar-refractivity contribution in [1.82, 2.24) is 30.0 Å². The first kappa shape index (κ1) is 16.6. The predicted octanol–water partition coefficient (Wildman–Crippen LogP) is -0.0509. The van der Waals surface area contributed by atoms with Gasteiger partial charge in [0.2, 0.25) is 0 Å². The lowest BCUT2D eigenvalue weighted by atomic mass is 10.2. The second kappa shape index (κ2) is 5.78. The molecule has 10 heteroatoms. The van der Waals surface area contributed by atoms with Gasteiger partial charge in [0.05, 0.1) is 6.04 Å². The van der Waals surface area contributed by atoms with Crippen molar-refractivity contribution in [3.63, 3.8) is 0 Å². The molecule has 0 aromatic heterocycles. The third kappa shape index (κ3) is 3.71.